The first-order valence-corrected chi connectivity index (χ1v) is 12.5. The topological polar surface area (TPSA) is 55.4 Å². The Morgan fingerprint density at radius 2 is 1.45 bits per heavy atom. The van der Waals surface area contributed by atoms with Gasteiger partial charge in [-0.3, -0.25) is 4.79 Å². The number of rotatable bonds is 9. The Balaban J connectivity index is 1.51. The molecule has 3 aromatic rings. The summed E-state index contributed by atoms with van der Waals surface area (Å²) < 4.78 is 5.36. The Kier molecular flexibility index (Phi) is 8.34. The number of nitrogens with one attached hydrogen (secondary N) is 1. The Morgan fingerprint density at radius 1 is 0.879 bits per heavy atom. The van der Waals surface area contributed by atoms with Crippen molar-refractivity contribution in [1.29, 1.82) is 0 Å². The number of carbonyl (C=O) groups excluding carboxylic acids is 2. The highest BCUT2D eigenvalue weighted by Crippen LogP contribution is 2.37. The zero-order valence-corrected chi connectivity index (χ0v) is 19.4. The van der Waals surface area contributed by atoms with Gasteiger partial charge >= 0.3 is 11.9 Å². The molecule has 1 N–H and O–H groups in total. The van der Waals surface area contributed by atoms with Gasteiger partial charge < -0.3 is 10.1 Å². The summed E-state index contributed by atoms with van der Waals surface area (Å²) in [5, 5.41) is 3.20. The van der Waals surface area contributed by atoms with E-state index in [-0.39, 0.29) is 11.3 Å². The molecule has 0 saturated carbocycles. The fraction of sp³-hybridized carbons (Fsp3) is 0.286. The summed E-state index contributed by atoms with van der Waals surface area (Å²) in [6, 6.07) is 30.2. The van der Waals surface area contributed by atoms with Crippen LogP contribution in [0.1, 0.15) is 34.8 Å². The molecule has 170 valence electrons. The Bertz CT molecular complexity index is 981. The standard InChI is InChI=1S/C28H29NO3S/c30-27(32-28(31)25-17-10-18-29-25)24(19-21-11-4-1-5-12-21)20-33-26(22-13-6-2-7-14-22)23-15-8-3-9-16-23/h1-9,11-16,24-26,29H,10,17-20H2/t24?,25-/m0/s1. The van der Waals surface area contributed by atoms with Gasteiger partial charge in [-0.1, -0.05) is 91.0 Å². The van der Waals surface area contributed by atoms with Crippen molar-refractivity contribution in [3.8, 4) is 0 Å². The lowest BCUT2D eigenvalue weighted by molar-refractivity contribution is -0.163. The van der Waals surface area contributed by atoms with E-state index in [1.54, 1.807) is 11.8 Å². The zero-order valence-electron chi connectivity index (χ0n) is 18.6. The summed E-state index contributed by atoms with van der Waals surface area (Å²) in [7, 11) is 0. The predicted molar refractivity (Wildman–Crippen MR) is 133 cm³/mol. The normalized spacial score (nSPS) is 16.5. The van der Waals surface area contributed by atoms with Crippen molar-refractivity contribution in [3.63, 3.8) is 0 Å². The molecule has 3 aromatic carbocycles. The first-order chi connectivity index (χ1) is 16.2. The van der Waals surface area contributed by atoms with Gasteiger partial charge in [-0.05, 0) is 42.5 Å². The van der Waals surface area contributed by atoms with Crippen molar-refractivity contribution in [2.45, 2.75) is 30.6 Å². The minimum atomic E-state index is -0.455. The number of carbonyl (C=O) groups is 2. The van der Waals surface area contributed by atoms with E-state index in [4.69, 9.17) is 4.74 Å². The summed E-state index contributed by atoms with van der Waals surface area (Å²) >= 11 is 1.71. The highest BCUT2D eigenvalue weighted by molar-refractivity contribution is 7.99. The molecule has 33 heavy (non-hydrogen) atoms. The fourth-order valence-corrected chi connectivity index (χ4v) is 5.48. The van der Waals surface area contributed by atoms with Crippen LogP contribution < -0.4 is 5.32 Å². The third-order valence-electron chi connectivity index (χ3n) is 5.87. The van der Waals surface area contributed by atoms with E-state index in [0.29, 0.717) is 18.6 Å². The van der Waals surface area contributed by atoms with E-state index in [2.05, 4.69) is 29.6 Å². The van der Waals surface area contributed by atoms with Crippen LogP contribution in [-0.4, -0.2) is 30.3 Å². The van der Waals surface area contributed by atoms with E-state index in [0.717, 1.165) is 18.5 Å². The zero-order chi connectivity index (χ0) is 22.9. The molecule has 1 saturated heterocycles. The van der Waals surface area contributed by atoms with Crippen LogP contribution in [-0.2, 0) is 20.7 Å². The summed E-state index contributed by atoms with van der Waals surface area (Å²) in [6.07, 6.45) is 2.18. The van der Waals surface area contributed by atoms with Gasteiger partial charge in [0.25, 0.3) is 0 Å². The van der Waals surface area contributed by atoms with Crippen LogP contribution in [0.5, 0.6) is 0 Å². The molecule has 4 rings (SSSR count). The Morgan fingerprint density at radius 3 is 2.00 bits per heavy atom. The van der Waals surface area contributed by atoms with Crippen LogP contribution in [0.15, 0.2) is 91.0 Å². The molecule has 1 aliphatic rings. The van der Waals surface area contributed by atoms with Crippen LogP contribution in [0.4, 0.5) is 0 Å². The van der Waals surface area contributed by atoms with Gasteiger partial charge in [0, 0.05) is 5.75 Å². The average molecular weight is 460 g/mol. The lowest BCUT2D eigenvalue weighted by Crippen LogP contribution is -2.36. The minimum absolute atomic E-state index is 0.0886. The Hall–Kier alpha value is -2.89. The van der Waals surface area contributed by atoms with Gasteiger partial charge in [-0.2, -0.15) is 0 Å². The molecular formula is C28H29NO3S. The second kappa shape index (κ2) is 11.8. The molecule has 0 aliphatic carbocycles. The van der Waals surface area contributed by atoms with Gasteiger partial charge in [0.2, 0.25) is 0 Å². The number of benzene rings is 3. The molecule has 1 fully saturated rings. The molecule has 0 aromatic heterocycles. The van der Waals surface area contributed by atoms with Crippen LogP contribution >= 0.6 is 11.8 Å². The molecule has 0 radical (unpaired) electrons. The van der Waals surface area contributed by atoms with Crippen molar-refractivity contribution in [2.24, 2.45) is 5.92 Å². The minimum Gasteiger partial charge on any atom is -0.392 e. The SMILES string of the molecule is O=C(OC(=O)[C@@H]1CCCN1)C(CSC(c1ccccc1)c1ccccc1)Cc1ccccc1. The summed E-state index contributed by atoms with van der Waals surface area (Å²) in [5.41, 5.74) is 3.43. The predicted octanol–water partition coefficient (Wildman–Crippen LogP) is 5.19. The van der Waals surface area contributed by atoms with E-state index >= 15 is 0 Å². The van der Waals surface area contributed by atoms with Gasteiger partial charge in [-0.15, -0.1) is 11.8 Å². The van der Waals surface area contributed by atoms with Crippen LogP contribution in [0, 0.1) is 5.92 Å². The third-order valence-corrected chi connectivity index (χ3v) is 7.35. The monoisotopic (exact) mass is 459 g/mol. The number of hydrogen-bond donors (Lipinski definition) is 1. The van der Waals surface area contributed by atoms with E-state index < -0.39 is 17.9 Å². The van der Waals surface area contributed by atoms with Gasteiger partial charge in [0.15, 0.2) is 0 Å². The molecule has 1 aliphatic heterocycles. The first-order valence-electron chi connectivity index (χ1n) is 11.4. The van der Waals surface area contributed by atoms with E-state index in [1.807, 2.05) is 66.7 Å². The lowest BCUT2D eigenvalue weighted by atomic mass is 10.0. The van der Waals surface area contributed by atoms with Crippen molar-refractivity contribution >= 4 is 23.7 Å². The molecular weight excluding hydrogens is 430 g/mol. The third kappa shape index (κ3) is 6.56. The molecule has 0 amide bonds. The van der Waals surface area contributed by atoms with Crippen LogP contribution in [0.25, 0.3) is 0 Å². The van der Waals surface area contributed by atoms with Gasteiger partial charge in [0.05, 0.1) is 11.2 Å². The summed E-state index contributed by atoms with van der Waals surface area (Å²) in [4.78, 5) is 25.6. The second-order valence-electron chi connectivity index (χ2n) is 8.31. The molecule has 0 bridgehead atoms. The maximum Gasteiger partial charge on any atom is 0.330 e. The largest absolute Gasteiger partial charge is 0.392 e. The first kappa shape index (κ1) is 23.3. The molecule has 1 heterocycles. The molecule has 5 heteroatoms. The molecule has 2 atom stereocenters. The average Bonchev–Trinajstić information content (AvgIpc) is 3.41. The fourth-order valence-electron chi connectivity index (χ4n) is 4.10. The summed E-state index contributed by atoms with van der Waals surface area (Å²) in [5.74, 6) is -0.765. The summed E-state index contributed by atoms with van der Waals surface area (Å²) in [6.45, 7) is 0.785. The Labute approximate surface area is 199 Å². The van der Waals surface area contributed by atoms with Gasteiger partial charge in [0.1, 0.15) is 6.04 Å². The number of hydrogen-bond acceptors (Lipinski definition) is 5. The molecule has 0 spiro atoms. The van der Waals surface area contributed by atoms with Crippen molar-refractivity contribution < 1.29 is 14.3 Å². The maximum absolute atomic E-state index is 13.1. The smallest absolute Gasteiger partial charge is 0.330 e. The van der Waals surface area contributed by atoms with Crippen molar-refractivity contribution in [1.82, 2.24) is 5.32 Å². The quantitative estimate of drug-likeness (QED) is 0.353. The van der Waals surface area contributed by atoms with Crippen molar-refractivity contribution in [2.75, 3.05) is 12.3 Å². The lowest BCUT2D eigenvalue weighted by Gasteiger charge is -2.22. The highest BCUT2D eigenvalue weighted by Gasteiger charge is 2.30. The molecule has 1 unspecified atom stereocenters. The molecule has 4 nitrogen and oxygen atoms in total. The van der Waals surface area contributed by atoms with E-state index in [9.17, 15) is 9.59 Å². The number of esters is 2. The van der Waals surface area contributed by atoms with Crippen LogP contribution in [0.2, 0.25) is 0 Å². The van der Waals surface area contributed by atoms with Gasteiger partial charge in [-0.25, -0.2) is 4.79 Å². The highest BCUT2D eigenvalue weighted by atomic mass is 32.2. The second-order valence-corrected chi connectivity index (χ2v) is 9.45. The van der Waals surface area contributed by atoms with E-state index in [1.165, 1.54) is 11.1 Å². The van der Waals surface area contributed by atoms with Crippen LogP contribution in [0.3, 0.4) is 0 Å². The van der Waals surface area contributed by atoms with Crippen molar-refractivity contribution in [3.05, 3.63) is 108 Å². The number of ether oxygens (including phenoxy) is 1. The maximum atomic E-state index is 13.1. The number of thioether (sulfide) groups is 1.